The predicted octanol–water partition coefficient (Wildman–Crippen LogP) is 2.73. The zero-order valence-corrected chi connectivity index (χ0v) is 14.0. The van der Waals surface area contributed by atoms with Gasteiger partial charge < -0.3 is 5.32 Å². The molecule has 2 heterocycles. The average molecular weight is 331 g/mol. The number of aromatic nitrogens is 1. The van der Waals surface area contributed by atoms with Crippen molar-refractivity contribution in [3.05, 3.63) is 26.9 Å². The monoisotopic (exact) mass is 331 g/mol. The number of nitrogens with one attached hydrogen (secondary N) is 2. The van der Waals surface area contributed by atoms with Gasteiger partial charge in [0.15, 0.2) is 5.13 Å². The molecule has 0 aliphatic heterocycles. The molecule has 2 aromatic rings. The molecular weight excluding hydrogens is 314 g/mol. The minimum absolute atomic E-state index is 0.336. The molecule has 8 heteroatoms. The van der Waals surface area contributed by atoms with Crippen molar-refractivity contribution in [2.24, 2.45) is 0 Å². The van der Waals surface area contributed by atoms with E-state index < -0.39 is 10.0 Å². The van der Waals surface area contributed by atoms with Gasteiger partial charge in [-0.15, -0.1) is 22.7 Å². The predicted molar refractivity (Wildman–Crippen MR) is 84.1 cm³/mol. The molecule has 0 saturated heterocycles. The molecule has 0 saturated carbocycles. The van der Waals surface area contributed by atoms with Gasteiger partial charge in [0, 0.05) is 27.4 Å². The summed E-state index contributed by atoms with van der Waals surface area (Å²) in [5, 5.41) is 3.60. The van der Waals surface area contributed by atoms with Crippen LogP contribution in [0.2, 0.25) is 0 Å². The van der Waals surface area contributed by atoms with E-state index >= 15 is 0 Å². The largest absolute Gasteiger partial charge is 0.312 e. The molecule has 2 rings (SSSR count). The van der Waals surface area contributed by atoms with Gasteiger partial charge in [-0.3, -0.25) is 4.72 Å². The summed E-state index contributed by atoms with van der Waals surface area (Å²) in [6.45, 7) is 7.27. The van der Waals surface area contributed by atoms with Crippen molar-refractivity contribution in [3.8, 4) is 0 Å². The van der Waals surface area contributed by atoms with Crippen LogP contribution in [0, 0.1) is 13.8 Å². The summed E-state index contributed by atoms with van der Waals surface area (Å²) >= 11 is 2.82. The second kappa shape index (κ2) is 6.21. The fourth-order valence-electron chi connectivity index (χ4n) is 1.70. The van der Waals surface area contributed by atoms with E-state index in [0.717, 1.165) is 21.2 Å². The average Bonchev–Trinajstić information content (AvgIpc) is 2.93. The Morgan fingerprint density at radius 2 is 2.05 bits per heavy atom. The maximum absolute atomic E-state index is 12.4. The number of nitrogens with zero attached hydrogens (tertiary/aromatic N) is 1. The van der Waals surface area contributed by atoms with Crippen LogP contribution in [0.4, 0.5) is 5.13 Å². The molecule has 2 aromatic heterocycles. The molecule has 0 aliphatic rings. The maximum Gasteiger partial charge on any atom is 0.264 e. The molecule has 20 heavy (non-hydrogen) atoms. The molecule has 110 valence electrons. The van der Waals surface area contributed by atoms with Gasteiger partial charge in [0.2, 0.25) is 0 Å². The van der Waals surface area contributed by atoms with Gasteiger partial charge in [0.05, 0.1) is 0 Å². The van der Waals surface area contributed by atoms with Gasteiger partial charge in [-0.1, -0.05) is 6.92 Å². The Balaban J connectivity index is 2.22. The summed E-state index contributed by atoms with van der Waals surface area (Å²) in [4.78, 5) is 7.14. The Kier molecular flexibility index (Phi) is 4.79. The van der Waals surface area contributed by atoms with Gasteiger partial charge in [-0.05, 0) is 26.5 Å². The highest BCUT2D eigenvalue weighted by molar-refractivity contribution is 7.93. The van der Waals surface area contributed by atoms with Gasteiger partial charge in [0.25, 0.3) is 10.0 Å². The van der Waals surface area contributed by atoms with Crippen molar-refractivity contribution < 1.29 is 8.42 Å². The molecule has 0 radical (unpaired) electrons. The lowest BCUT2D eigenvalue weighted by atomic mass is 10.4. The molecular formula is C12H17N3O2S3. The number of anilines is 1. The van der Waals surface area contributed by atoms with Crippen LogP contribution < -0.4 is 10.0 Å². The molecule has 0 bridgehead atoms. The van der Waals surface area contributed by atoms with Crippen molar-refractivity contribution in [1.29, 1.82) is 0 Å². The fraction of sp³-hybridized carbons (Fsp3) is 0.417. The number of hydrogen-bond acceptors (Lipinski definition) is 6. The second-order valence-electron chi connectivity index (χ2n) is 4.30. The van der Waals surface area contributed by atoms with E-state index in [0.29, 0.717) is 16.6 Å². The summed E-state index contributed by atoms with van der Waals surface area (Å²) in [7, 11) is -3.55. The second-order valence-corrected chi connectivity index (χ2v) is 8.52. The fourth-order valence-corrected chi connectivity index (χ4v) is 5.21. The Hall–Kier alpha value is -0.960. The third-order valence-corrected chi connectivity index (χ3v) is 6.21. The van der Waals surface area contributed by atoms with Gasteiger partial charge in [-0.25, -0.2) is 13.4 Å². The molecule has 0 fully saturated rings. The van der Waals surface area contributed by atoms with E-state index in [4.69, 9.17) is 0 Å². The minimum Gasteiger partial charge on any atom is -0.312 e. The van der Waals surface area contributed by atoms with Crippen LogP contribution in [0.1, 0.15) is 21.6 Å². The summed E-state index contributed by atoms with van der Waals surface area (Å²) in [6.07, 6.45) is 1.65. The quantitative estimate of drug-likeness (QED) is 0.854. The van der Waals surface area contributed by atoms with Crippen LogP contribution in [-0.2, 0) is 16.6 Å². The molecule has 0 unspecified atom stereocenters. The molecule has 2 N–H and O–H groups in total. The molecule has 0 aliphatic carbocycles. The first kappa shape index (κ1) is 15.4. The molecule has 0 spiro atoms. The highest BCUT2D eigenvalue weighted by atomic mass is 32.2. The van der Waals surface area contributed by atoms with Crippen LogP contribution in [0.3, 0.4) is 0 Å². The van der Waals surface area contributed by atoms with Crippen molar-refractivity contribution in [3.63, 3.8) is 0 Å². The van der Waals surface area contributed by atoms with E-state index in [1.807, 2.05) is 20.8 Å². The zero-order chi connectivity index (χ0) is 14.8. The summed E-state index contributed by atoms with van der Waals surface area (Å²) in [5.41, 5.74) is 0. The zero-order valence-electron chi connectivity index (χ0n) is 11.6. The molecule has 0 atom stereocenters. The van der Waals surface area contributed by atoms with Gasteiger partial charge in [-0.2, -0.15) is 0 Å². The number of aryl methyl sites for hydroxylation is 2. The Morgan fingerprint density at radius 3 is 2.65 bits per heavy atom. The molecule has 5 nitrogen and oxygen atoms in total. The topological polar surface area (TPSA) is 71.1 Å². The third-order valence-electron chi connectivity index (χ3n) is 2.60. The van der Waals surface area contributed by atoms with Crippen molar-refractivity contribution in [1.82, 2.24) is 10.3 Å². The summed E-state index contributed by atoms with van der Waals surface area (Å²) in [5.74, 6) is 0. The third kappa shape index (κ3) is 3.57. The number of sulfonamides is 1. The first-order chi connectivity index (χ1) is 9.42. The smallest absolute Gasteiger partial charge is 0.264 e. The van der Waals surface area contributed by atoms with Crippen molar-refractivity contribution in [2.75, 3.05) is 11.3 Å². The first-order valence-corrected chi connectivity index (χ1v) is 9.29. The van der Waals surface area contributed by atoms with E-state index in [9.17, 15) is 8.42 Å². The van der Waals surface area contributed by atoms with E-state index in [1.54, 1.807) is 12.3 Å². The normalized spacial score (nSPS) is 11.8. The lowest BCUT2D eigenvalue weighted by Crippen LogP contribution is -2.13. The number of rotatable bonds is 6. The number of thiazole rings is 1. The number of thiophene rings is 1. The maximum atomic E-state index is 12.4. The minimum atomic E-state index is -3.55. The Morgan fingerprint density at radius 1 is 1.30 bits per heavy atom. The van der Waals surface area contributed by atoms with E-state index in [-0.39, 0.29) is 0 Å². The lowest BCUT2D eigenvalue weighted by molar-refractivity contribution is 0.601. The van der Waals surface area contributed by atoms with Crippen molar-refractivity contribution >= 4 is 37.8 Å². The van der Waals surface area contributed by atoms with Gasteiger partial charge in [0.1, 0.15) is 4.90 Å². The SMILES string of the molecule is CCNCc1cc(S(=O)(=O)Nc2ncc(C)s2)c(C)s1. The Labute approximate surface area is 127 Å². The first-order valence-electron chi connectivity index (χ1n) is 6.17. The molecule has 0 amide bonds. The highest BCUT2D eigenvalue weighted by Gasteiger charge is 2.21. The number of hydrogen-bond donors (Lipinski definition) is 2. The van der Waals surface area contributed by atoms with Crippen LogP contribution in [0.15, 0.2) is 17.2 Å². The van der Waals surface area contributed by atoms with Crippen LogP contribution >= 0.6 is 22.7 Å². The van der Waals surface area contributed by atoms with Gasteiger partial charge >= 0.3 is 0 Å². The Bertz CT molecular complexity index is 689. The summed E-state index contributed by atoms with van der Waals surface area (Å²) in [6, 6.07) is 1.73. The molecule has 0 aromatic carbocycles. The van der Waals surface area contributed by atoms with Crippen LogP contribution in [0.5, 0.6) is 0 Å². The van der Waals surface area contributed by atoms with E-state index in [1.165, 1.54) is 22.7 Å². The van der Waals surface area contributed by atoms with Crippen molar-refractivity contribution in [2.45, 2.75) is 32.2 Å². The summed E-state index contributed by atoms with van der Waals surface area (Å²) < 4.78 is 27.3. The van der Waals surface area contributed by atoms with E-state index in [2.05, 4.69) is 15.0 Å². The highest BCUT2D eigenvalue weighted by Crippen LogP contribution is 2.28. The van der Waals surface area contributed by atoms with Crippen LogP contribution in [0.25, 0.3) is 0 Å². The lowest BCUT2D eigenvalue weighted by Gasteiger charge is -2.03. The van der Waals surface area contributed by atoms with Crippen LogP contribution in [-0.4, -0.2) is 19.9 Å². The standard InChI is InChI=1S/C12H17N3O2S3/c1-4-13-7-10-5-11(9(3)19-10)20(16,17)15-12-14-6-8(2)18-12/h5-6,13H,4,7H2,1-3H3,(H,14,15).